The quantitative estimate of drug-likeness (QED) is 0.768. The minimum absolute atomic E-state index is 0.0415. The molecule has 1 atom stereocenters. The molecule has 0 bridgehead atoms. The van der Waals surface area contributed by atoms with Crippen LogP contribution < -0.4 is 0 Å². The predicted molar refractivity (Wildman–Crippen MR) is 105 cm³/mol. The average molecular weight is 373 g/mol. The number of hydrogen-bond acceptors (Lipinski definition) is 4. The van der Waals surface area contributed by atoms with Gasteiger partial charge < -0.3 is 9.80 Å². The van der Waals surface area contributed by atoms with Crippen molar-refractivity contribution in [3.63, 3.8) is 0 Å². The molecule has 1 aromatic rings. The van der Waals surface area contributed by atoms with E-state index in [0.717, 1.165) is 57.7 Å². The first-order valence-corrected chi connectivity index (χ1v) is 10.2. The Hall–Kier alpha value is -1.95. The van der Waals surface area contributed by atoms with Gasteiger partial charge in [0.25, 0.3) is 0 Å². The number of likely N-dealkylation sites (tertiary alicyclic amines) is 2. The second-order valence-corrected chi connectivity index (χ2v) is 7.95. The molecule has 3 heterocycles. The highest BCUT2D eigenvalue weighted by atomic mass is 16.2. The molecule has 6 nitrogen and oxygen atoms in total. The zero-order valence-electron chi connectivity index (χ0n) is 16.7. The monoisotopic (exact) mass is 372 g/mol. The van der Waals surface area contributed by atoms with Crippen molar-refractivity contribution in [1.82, 2.24) is 19.7 Å². The molecule has 0 unspecified atom stereocenters. The van der Waals surface area contributed by atoms with Crippen LogP contribution in [0.3, 0.4) is 0 Å². The maximum Gasteiger partial charge on any atom is 0.236 e. The number of nitrogens with zero attached hydrogens (tertiary/aromatic N) is 4. The maximum atomic E-state index is 12.8. The molecule has 1 spiro atoms. The minimum atomic E-state index is 0.0415. The fraction of sp³-hybridized carbons (Fsp3) is 0.667. The number of carbonyl (C=O) groups excluding carboxylic acids is 2. The second-order valence-electron chi connectivity index (χ2n) is 7.95. The van der Waals surface area contributed by atoms with Crippen LogP contribution in [0, 0.1) is 5.41 Å². The average Bonchev–Trinajstić information content (AvgIpc) is 2.70. The number of aromatic nitrogens is 1. The highest BCUT2D eigenvalue weighted by Gasteiger charge is 2.42. The van der Waals surface area contributed by atoms with Crippen molar-refractivity contribution in [2.75, 3.05) is 39.3 Å². The van der Waals surface area contributed by atoms with Crippen LogP contribution in [0.5, 0.6) is 0 Å². The summed E-state index contributed by atoms with van der Waals surface area (Å²) in [6.45, 7) is 9.40. The van der Waals surface area contributed by atoms with Gasteiger partial charge in [-0.2, -0.15) is 0 Å². The van der Waals surface area contributed by atoms with E-state index in [2.05, 4.69) is 23.7 Å². The SMILES string of the molecule is CCN(CC)CC(=O)N1CCC[C@@]2(CCC(=O)N(Cc3ccccn3)C2)C1. The standard InChI is InChI=1S/C21H32N4O2/c1-3-23(4-2)15-20(27)24-13-7-10-21(16-24)11-9-19(26)25(17-21)14-18-8-5-6-12-22-18/h5-6,8,12H,3-4,7,9-11,13-17H2,1-2H3/t21-/m1/s1. The Kier molecular flexibility index (Phi) is 6.47. The second kappa shape index (κ2) is 8.83. The number of hydrogen-bond donors (Lipinski definition) is 0. The third-order valence-corrected chi connectivity index (χ3v) is 6.09. The zero-order chi connectivity index (χ0) is 19.3. The maximum absolute atomic E-state index is 12.8. The lowest BCUT2D eigenvalue weighted by atomic mass is 9.73. The predicted octanol–water partition coefficient (Wildman–Crippen LogP) is 2.15. The summed E-state index contributed by atoms with van der Waals surface area (Å²) in [5, 5.41) is 0. The zero-order valence-corrected chi connectivity index (χ0v) is 16.7. The summed E-state index contributed by atoms with van der Waals surface area (Å²) in [5.74, 6) is 0.434. The Bertz CT molecular complexity index is 647. The summed E-state index contributed by atoms with van der Waals surface area (Å²) in [5.41, 5.74) is 0.966. The third kappa shape index (κ3) is 4.86. The molecule has 2 aliphatic heterocycles. The molecule has 0 aliphatic carbocycles. The van der Waals surface area contributed by atoms with Gasteiger partial charge >= 0.3 is 0 Å². The van der Waals surface area contributed by atoms with E-state index in [1.54, 1.807) is 6.20 Å². The molecule has 0 radical (unpaired) electrons. The lowest BCUT2D eigenvalue weighted by molar-refractivity contribution is -0.144. The summed E-state index contributed by atoms with van der Waals surface area (Å²) < 4.78 is 0. The van der Waals surface area contributed by atoms with Crippen LogP contribution in [0.1, 0.15) is 45.2 Å². The van der Waals surface area contributed by atoms with Crippen LogP contribution in [0.25, 0.3) is 0 Å². The summed E-state index contributed by atoms with van der Waals surface area (Å²) in [6.07, 6.45) is 5.35. The minimum Gasteiger partial charge on any atom is -0.341 e. The van der Waals surface area contributed by atoms with Gasteiger partial charge in [-0.25, -0.2) is 0 Å². The number of carbonyl (C=O) groups is 2. The normalized spacial score (nSPS) is 23.3. The Balaban J connectivity index is 1.65. The molecule has 148 valence electrons. The summed E-state index contributed by atoms with van der Waals surface area (Å²) >= 11 is 0. The molecule has 1 aromatic heterocycles. The fourth-order valence-corrected chi connectivity index (χ4v) is 4.43. The van der Waals surface area contributed by atoms with Crippen LogP contribution in [0.4, 0.5) is 0 Å². The number of piperidine rings is 2. The highest BCUT2D eigenvalue weighted by Crippen LogP contribution is 2.39. The molecule has 2 fully saturated rings. The third-order valence-electron chi connectivity index (χ3n) is 6.09. The molecule has 6 heteroatoms. The van der Waals surface area contributed by atoms with E-state index in [1.807, 2.05) is 28.0 Å². The van der Waals surface area contributed by atoms with Crippen molar-refractivity contribution in [3.8, 4) is 0 Å². The molecule has 2 aliphatic rings. The Morgan fingerprint density at radius 2 is 2.04 bits per heavy atom. The van der Waals surface area contributed by atoms with E-state index in [4.69, 9.17) is 0 Å². The van der Waals surface area contributed by atoms with Crippen molar-refractivity contribution in [1.29, 1.82) is 0 Å². The molecule has 0 aromatic carbocycles. The van der Waals surface area contributed by atoms with Crippen LogP contribution in [-0.2, 0) is 16.1 Å². The van der Waals surface area contributed by atoms with Crippen LogP contribution in [0.2, 0.25) is 0 Å². The van der Waals surface area contributed by atoms with Crippen LogP contribution >= 0.6 is 0 Å². The first kappa shape index (κ1) is 19.8. The van der Waals surface area contributed by atoms with Gasteiger partial charge in [0, 0.05) is 37.7 Å². The molecular weight excluding hydrogens is 340 g/mol. The topological polar surface area (TPSA) is 56.8 Å². The largest absolute Gasteiger partial charge is 0.341 e. The van der Waals surface area contributed by atoms with Gasteiger partial charge in [-0.3, -0.25) is 19.5 Å². The first-order chi connectivity index (χ1) is 13.0. The van der Waals surface area contributed by atoms with E-state index in [1.165, 1.54) is 0 Å². The van der Waals surface area contributed by atoms with Crippen molar-refractivity contribution >= 4 is 11.8 Å². The van der Waals surface area contributed by atoms with E-state index >= 15 is 0 Å². The van der Waals surface area contributed by atoms with E-state index in [0.29, 0.717) is 19.5 Å². The molecule has 0 N–H and O–H groups in total. The molecule has 2 amide bonds. The molecule has 2 saturated heterocycles. The Morgan fingerprint density at radius 3 is 2.74 bits per heavy atom. The highest BCUT2D eigenvalue weighted by molar-refractivity contribution is 5.79. The molecule has 27 heavy (non-hydrogen) atoms. The van der Waals surface area contributed by atoms with Gasteiger partial charge in [0.2, 0.25) is 11.8 Å². The summed E-state index contributed by atoms with van der Waals surface area (Å²) in [4.78, 5) is 35.8. The van der Waals surface area contributed by atoms with Crippen molar-refractivity contribution in [2.45, 2.75) is 46.1 Å². The van der Waals surface area contributed by atoms with Gasteiger partial charge in [0.1, 0.15) is 0 Å². The van der Waals surface area contributed by atoms with Crippen molar-refractivity contribution in [2.24, 2.45) is 5.41 Å². The van der Waals surface area contributed by atoms with Gasteiger partial charge in [-0.1, -0.05) is 19.9 Å². The summed E-state index contributed by atoms with van der Waals surface area (Å²) in [6, 6.07) is 5.82. The summed E-state index contributed by atoms with van der Waals surface area (Å²) in [7, 11) is 0. The lowest BCUT2D eigenvalue weighted by Crippen LogP contribution is -2.56. The van der Waals surface area contributed by atoms with Gasteiger partial charge in [0.05, 0.1) is 18.8 Å². The van der Waals surface area contributed by atoms with Crippen LogP contribution in [-0.4, -0.2) is 70.8 Å². The van der Waals surface area contributed by atoms with Gasteiger partial charge in [-0.05, 0) is 44.5 Å². The number of amides is 2. The first-order valence-electron chi connectivity index (χ1n) is 10.2. The number of likely N-dealkylation sites (N-methyl/N-ethyl adjacent to an activating group) is 1. The fourth-order valence-electron chi connectivity index (χ4n) is 4.43. The van der Waals surface area contributed by atoms with Crippen molar-refractivity contribution in [3.05, 3.63) is 30.1 Å². The van der Waals surface area contributed by atoms with E-state index in [9.17, 15) is 9.59 Å². The Labute approximate surface area is 162 Å². The van der Waals surface area contributed by atoms with Gasteiger partial charge in [-0.15, -0.1) is 0 Å². The lowest BCUT2D eigenvalue weighted by Gasteiger charge is -2.48. The Morgan fingerprint density at radius 1 is 1.22 bits per heavy atom. The molecule has 3 rings (SSSR count). The molecular formula is C21H32N4O2. The van der Waals surface area contributed by atoms with E-state index in [-0.39, 0.29) is 17.2 Å². The van der Waals surface area contributed by atoms with Gasteiger partial charge in [0.15, 0.2) is 0 Å². The molecule has 0 saturated carbocycles. The number of rotatable bonds is 6. The smallest absolute Gasteiger partial charge is 0.236 e. The van der Waals surface area contributed by atoms with Crippen LogP contribution in [0.15, 0.2) is 24.4 Å². The van der Waals surface area contributed by atoms with Crippen molar-refractivity contribution < 1.29 is 9.59 Å². The number of pyridine rings is 1. The van der Waals surface area contributed by atoms with E-state index < -0.39 is 0 Å².